The third-order valence-electron chi connectivity index (χ3n) is 3.04. The van der Waals surface area contributed by atoms with Crippen molar-refractivity contribution in [2.24, 2.45) is 0 Å². The van der Waals surface area contributed by atoms with Crippen LogP contribution in [0.25, 0.3) is 5.57 Å². The van der Waals surface area contributed by atoms with Gasteiger partial charge < -0.3 is 10.8 Å². The Hall–Kier alpha value is -2.20. The molecular formula is C17H17NO2S. The number of anilines is 1. The van der Waals surface area contributed by atoms with Gasteiger partial charge in [-0.05, 0) is 36.3 Å². The molecule has 0 spiro atoms. The van der Waals surface area contributed by atoms with Gasteiger partial charge in [0.1, 0.15) is 0 Å². The van der Waals surface area contributed by atoms with Gasteiger partial charge in [-0.1, -0.05) is 30.3 Å². The lowest BCUT2D eigenvalue weighted by Crippen LogP contribution is -1.95. The maximum absolute atomic E-state index is 10.8. The molecule has 2 aromatic rings. The third kappa shape index (κ3) is 4.39. The summed E-state index contributed by atoms with van der Waals surface area (Å²) in [5.41, 5.74) is 9.20. The first-order valence-electron chi connectivity index (χ1n) is 6.54. The van der Waals surface area contributed by atoms with E-state index in [0.29, 0.717) is 11.3 Å². The van der Waals surface area contributed by atoms with E-state index in [4.69, 9.17) is 10.8 Å². The predicted molar refractivity (Wildman–Crippen MR) is 88.1 cm³/mol. The van der Waals surface area contributed by atoms with E-state index in [-0.39, 0.29) is 0 Å². The van der Waals surface area contributed by atoms with E-state index in [1.807, 2.05) is 36.4 Å². The highest BCUT2D eigenvalue weighted by Crippen LogP contribution is 2.29. The number of rotatable bonds is 5. The second-order valence-corrected chi connectivity index (χ2v) is 5.74. The van der Waals surface area contributed by atoms with Gasteiger partial charge in [-0.3, -0.25) is 0 Å². The lowest BCUT2D eigenvalue weighted by Gasteiger charge is -2.09. The van der Waals surface area contributed by atoms with Crippen molar-refractivity contribution in [3.63, 3.8) is 0 Å². The Kier molecular flexibility index (Phi) is 5.06. The Bertz CT molecular complexity index is 666. The smallest absolute Gasteiger partial charge is 0.328 e. The van der Waals surface area contributed by atoms with Gasteiger partial charge in [-0.15, -0.1) is 11.8 Å². The molecule has 0 bridgehead atoms. The highest BCUT2D eigenvalue weighted by atomic mass is 32.2. The predicted octanol–water partition coefficient (Wildman–Crippen LogP) is 4.05. The number of carbonyl (C=O) groups is 1. The van der Waals surface area contributed by atoms with Crippen molar-refractivity contribution in [2.45, 2.75) is 17.6 Å². The fourth-order valence-corrected chi connectivity index (χ4v) is 2.86. The van der Waals surface area contributed by atoms with Crippen LogP contribution in [0.3, 0.4) is 0 Å². The van der Waals surface area contributed by atoms with E-state index in [9.17, 15) is 4.79 Å². The zero-order valence-electron chi connectivity index (χ0n) is 11.7. The molecule has 0 aliphatic heterocycles. The summed E-state index contributed by atoms with van der Waals surface area (Å²) in [7, 11) is 0. The Morgan fingerprint density at radius 3 is 2.62 bits per heavy atom. The molecule has 3 N–H and O–H groups in total. The van der Waals surface area contributed by atoms with Crippen LogP contribution in [-0.4, -0.2) is 11.1 Å². The number of nitrogens with two attached hydrogens (primary N) is 1. The Morgan fingerprint density at radius 2 is 1.95 bits per heavy atom. The molecule has 0 aliphatic rings. The molecule has 2 rings (SSSR count). The van der Waals surface area contributed by atoms with Crippen LogP contribution in [0.15, 0.2) is 59.5 Å². The van der Waals surface area contributed by atoms with Crippen LogP contribution < -0.4 is 5.73 Å². The SMILES string of the molecule is CC(=CC(=O)O)c1cc(SCc2ccccc2)ccc1N. The lowest BCUT2D eigenvalue weighted by atomic mass is 10.1. The van der Waals surface area contributed by atoms with Gasteiger partial charge in [0.05, 0.1) is 0 Å². The average Bonchev–Trinajstić information content (AvgIpc) is 2.46. The van der Waals surface area contributed by atoms with Crippen LogP contribution in [0.1, 0.15) is 18.1 Å². The summed E-state index contributed by atoms with van der Waals surface area (Å²) < 4.78 is 0. The van der Waals surface area contributed by atoms with Gasteiger partial charge in [-0.2, -0.15) is 0 Å². The van der Waals surface area contributed by atoms with Gasteiger partial charge >= 0.3 is 5.97 Å². The fourth-order valence-electron chi connectivity index (χ4n) is 1.97. The number of allylic oxidation sites excluding steroid dienone is 1. The third-order valence-corrected chi connectivity index (χ3v) is 4.10. The summed E-state index contributed by atoms with van der Waals surface area (Å²) in [6.45, 7) is 1.76. The minimum Gasteiger partial charge on any atom is -0.478 e. The number of nitrogen functional groups attached to an aromatic ring is 1. The number of benzene rings is 2. The van der Waals surface area contributed by atoms with Crippen LogP contribution in [0.2, 0.25) is 0 Å². The van der Waals surface area contributed by atoms with Crippen LogP contribution in [0.4, 0.5) is 5.69 Å². The summed E-state index contributed by atoms with van der Waals surface area (Å²) in [5, 5.41) is 8.84. The standard InChI is InChI=1S/C17H17NO2S/c1-12(9-17(19)20)15-10-14(7-8-16(15)18)21-11-13-5-3-2-4-6-13/h2-10H,11,18H2,1H3,(H,19,20). The van der Waals surface area contributed by atoms with Crippen molar-refractivity contribution in [2.75, 3.05) is 5.73 Å². The molecule has 4 heteroatoms. The summed E-state index contributed by atoms with van der Waals surface area (Å²) >= 11 is 1.70. The minimum atomic E-state index is -0.964. The Balaban J connectivity index is 2.17. The molecule has 0 unspecified atom stereocenters. The normalized spacial score (nSPS) is 11.4. The van der Waals surface area contributed by atoms with Gasteiger partial charge in [0.25, 0.3) is 0 Å². The number of carboxylic acid groups (broad SMARTS) is 1. The summed E-state index contributed by atoms with van der Waals surface area (Å²) in [4.78, 5) is 11.8. The topological polar surface area (TPSA) is 63.3 Å². The number of carboxylic acids is 1. The number of aliphatic carboxylic acids is 1. The molecule has 108 valence electrons. The maximum Gasteiger partial charge on any atom is 0.328 e. The molecule has 0 aliphatic carbocycles. The number of thioether (sulfide) groups is 1. The van der Waals surface area contributed by atoms with Crippen molar-refractivity contribution in [3.05, 3.63) is 65.7 Å². The molecule has 2 aromatic carbocycles. The highest BCUT2D eigenvalue weighted by Gasteiger charge is 2.06. The van der Waals surface area contributed by atoms with Crippen molar-refractivity contribution in [3.8, 4) is 0 Å². The first kappa shape index (κ1) is 15.2. The zero-order chi connectivity index (χ0) is 15.2. The molecule has 0 fully saturated rings. The summed E-state index contributed by atoms with van der Waals surface area (Å²) in [5.74, 6) is -0.0967. The van der Waals surface area contributed by atoms with Crippen LogP contribution in [-0.2, 0) is 10.5 Å². The van der Waals surface area contributed by atoms with Crippen molar-refractivity contribution >= 4 is 29.0 Å². The minimum absolute atomic E-state index is 0.592. The van der Waals surface area contributed by atoms with E-state index >= 15 is 0 Å². The first-order valence-corrected chi connectivity index (χ1v) is 7.52. The monoisotopic (exact) mass is 299 g/mol. The molecule has 0 aromatic heterocycles. The van der Waals surface area contributed by atoms with E-state index in [0.717, 1.165) is 16.2 Å². The molecule has 0 amide bonds. The van der Waals surface area contributed by atoms with Gasteiger partial charge in [0, 0.05) is 28.0 Å². The number of hydrogen-bond acceptors (Lipinski definition) is 3. The fraction of sp³-hybridized carbons (Fsp3) is 0.118. The van der Waals surface area contributed by atoms with Gasteiger partial charge in [0.2, 0.25) is 0 Å². The average molecular weight is 299 g/mol. The number of hydrogen-bond donors (Lipinski definition) is 2. The van der Waals surface area contributed by atoms with Crippen molar-refractivity contribution in [1.29, 1.82) is 0 Å². The lowest BCUT2D eigenvalue weighted by molar-refractivity contribution is -0.131. The molecule has 21 heavy (non-hydrogen) atoms. The second kappa shape index (κ2) is 6.99. The maximum atomic E-state index is 10.8. The van der Waals surface area contributed by atoms with Crippen LogP contribution in [0, 0.1) is 0 Å². The van der Waals surface area contributed by atoms with Crippen LogP contribution in [0.5, 0.6) is 0 Å². The first-order chi connectivity index (χ1) is 10.1. The second-order valence-electron chi connectivity index (χ2n) is 4.69. The van der Waals surface area contributed by atoms with E-state index < -0.39 is 5.97 Å². The molecule has 3 nitrogen and oxygen atoms in total. The molecule has 0 radical (unpaired) electrons. The zero-order valence-corrected chi connectivity index (χ0v) is 12.6. The molecule has 0 saturated carbocycles. The molecular weight excluding hydrogens is 282 g/mol. The van der Waals surface area contributed by atoms with Crippen molar-refractivity contribution in [1.82, 2.24) is 0 Å². The van der Waals surface area contributed by atoms with E-state index in [2.05, 4.69) is 12.1 Å². The van der Waals surface area contributed by atoms with Crippen molar-refractivity contribution < 1.29 is 9.90 Å². The molecule has 0 heterocycles. The summed E-state index contributed by atoms with van der Waals surface area (Å²) in [6.07, 6.45) is 1.18. The van der Waals surface area contributed by atoms with Crippen LogP contribution >= 0.6 is 11.8 Å². The molecule has 0 atom stereocenters. The van der Waals surface area contributed by atoms with Gasteiger partial charge in [-0.25, -0.2) is 4.79 Å². The molecule has 0 saturated heterocycles. The van der Waals surface area contributed by atoms with E-state index in [1.54, 1.807) is 18.7 Å². The summed E-state index contributed by atoms with van der Waals surface area (Å²) in [6, 6.07) is 15.9. The Morgan fingerprint density at radius 1 is 1.24 bits per heavy atom. The largest absolute Gasteiger partial charge is 0.478 e. The van der Waals surface area contributed by atoms with Gasteiger partial charge in [0.15, 0.2) is 0 Å². The Labute approximate surface area is 128 Å². The van der Waals surface area contributed by atoms with E-state index in [1.165, 1.54) is 11.6 Å². The highest BCUT2D eigenvalue weighted by molar-refractivity contribution is 7.98. The quantitative estimate of drug-likeness (QED) is 0.496.